The van der Waals surface area contributed by atoms with Crippen LogP contribution in [-0.2, 0) is 22.5 Å². The van der Waals surface area contributed by atoms with Crippen LogP contribution < -0.4 is 10.6 Å². The Bertz CT molecular complexity index is 432. The zero-order chi connectivity index (χ0) is 14.2. The predicted octanol–water partition coefficient (Wildman–Crippen LogP) is 1.30. The highest BCUT2D eigenvalue weighted by Crippen LogP contribution is 2.23. The van der Waals surface area contributed by atoms with Crippen molar-refractivity contribution in [3.8, 4) is 0 Å². The van der Waals surface area contributed by atoms with Gasteiger partial charge in [0.25, 0.3) is 0 Å². The molecule has 0 radical (unpaired) electrons. The molecule has 2 rings (SSSR count). The summed E-state index contributed by atoms with van der Waals surface area (Å²) in [4.78, 5) is 15.5. The molecule has 1 amide bonds. The van der Waals surface area contributed by atoms with Crippen molar-refractivity contribution < 1.29 is 9.53 Å². The lowest BCUT2D eigenvalue weighted by atomic mass is 10.1. The van der Waals surface area contributed by atoms with Gasteiger partial charge in [-0.3, -0.25) is 9.69 Å². The second kappa shape index (κ2) is 12.1. The summed E-state index contributed by atoms with van der Waals surface area (Å²) in [6.07, 6.45) is 1.14. The number of rotatable bonds is 8. The van der Waals surface area contributed by atoms with Gasteiger partial charge in [-0.1, -0.05) is 0 Å². The summed E-state index contributed by atoms with van der Waals surface area (Å²) in [5, 5.41) is 8.15. The Morgan fingerprint density at radius 3 is 3.00 bits per heavy atom. The largest absolute Gasteiger partial charge is 0.383 e. The average molecular weight is 370 g/mol. The molecule has 1 aliphatic heterocycles. The first-order valence-corrected chi connectivity index (χ1v) is 7.91. The molecular weight excluding hydrogens is 345 g/mol. The molecule has 2 heterocycles. The molecule has 0 aromatic carbocycles. The number of carbonyl (C=O) groups excluding carboxylic acids is 1. The Morgan fingerprint density at radius 2 is 2.23 bits per heavy atom. The minimum Gasteiger partial charge on any atom is -0.383 e. The van der Waals surface area contributed by atoms with Gasteiger partial charge in [-0.05, 0) is 23.4 Å². The van der Waals surface area contributed by atoms with Gasteiger partial charge in [0, 0.05) is 44.7 Å². The standard InChI is InChI=1S/C14H23N3O2S.2ClH/c1-19-8-5-15-10-14(18)16-4-7-17-6-2-13-12(11-17)3-9-20-13;;/h3,9,15H,2,4-8,10-11H2,1H3,(H,16,18);2*1H. The molecule has 0 spiro atoms. The molecule has 1 aromatic heterocycles. The van der Waals surface area contributed by atoms with Crippen LogP contribution in [0.1, 0.15) is 10.4 Å². The van der Waals surface area contributed by atoms with E-state index in [-0.39, 0.29) is 30.7 Å². The SMILES string of the molecule is COCCNCC(=O)NCCN1CCc2sccc2C1.Cl.Cl. The van der Waals surface area contributed by atoms with Crippen LogP contribution in [0, 0.1) is 0 Å². The molecule has 5 nitrogen and oxygen atoms in total. The van der Waals surface area contributed by atoms with Gasteiger partial charge >= 0.3 is 0 Å². The van der Waals surface area contributed by atoms with E-state index in [1.807, 2.05) is 11.3 Å². The third kappa shape index (κ3) is 7.26. The number of hydrogen-bond acceptors (Lipinski definition) is 5. The molecule has 1 aliphatic rings. The molecule has 2 N–H and O–H groups in total. The number of halogens is 2. The van der Waals surface area contributed by atoms with Crippen molar-refractivity contribution in [1.29, 1.82) is 0 Å². The third-order valence-corrected chi connectivity index (χ3v) is 4.43. The summed E-state index contributed by atoms with van der Waals surface area (Å²) in [6.45, 7) is 5.43. The maximum Gasteiger partial charge on any atom is 0.234 e. The Morgan fingerprint density at radius 1 is 1.41 bits per heavy atom. The van der Waals surface area contributed by atoms with Crippen molar-refractivity contribution in [3.63, 3.8) is 0 Å². The number of nitrogens with one attached hydrogen (secondary N) is 2. The fraction of sp³-hybridized carbons (Fsp3) is 0.643. The lowest BCUT2D eigenvalue weighted by Gasteiger charge is -2.26. The second-order valence-corrected chi connectivity index (χ2v) is 5.92. The minimum absolute atomic E-state index is 0. The van der Waals surface area contributed by atoms with Crippen LogP contribution in [-0.4, -0.2) is 57.2 Å². The number of ether oxygens (including phenoxy) is 1. The lowest BCUT2D eigenvalue weighted by molar-refractivity contribution is -0.120. The van der Waals surface area contributed by atoms with Crippen LogP contribution in [0.3, 0.4) is 0 Å². The van der Waals surface area contributed by atoms with E-state index in [9.17, 15) is 4.79 Å². The summed E-state index contributed by atoms with van der Waals surface area (Å²) in [7, 11) is 1.65. The molecule has 0 aliphatic carbocycles. The van der Waals surface area contributed by atoms with Crippen molar-refractivity contribution in [2.75, 3.05) is 46.4 Å². The number of nitrogens with zero attached hydrogens (tertiary/aromatic N) is 1. The van der Waals surface area contributed by atoms with Crippen molar-refractivity contribution in [2.24, 2.45) is 0 Å². The summed E-state index contributed by atoms with van der Waals surface area (Å²) >= 11 is 1.85. The van der Waals surface area contributed by atoms with Gasteiger partial charge in [0.05, 0.1) is 13.2 Å². The number of amides is 1. The molecular formula is C14H25Cl2N3O2S. The molecule has 0 bridgehead atoms. The first-order valence-electron chi connectivity index (χ1n) is 7.03. The molecule has 128 valence electrons. The molecule has 0 fully saturated rings. The van der Waals surface area contributed by atoms with E-state index >= 15 is 0 Å². The van der Waals surface area contributed by atoms with E-state index in [1.165, 1.54) is 10.4 Å². The highest BCUT2D eigenvalue weighted by Gasteiger charge is 2.16. The van der Waals surface area contributed by atoms with E-state index < -0.39 is 0 Å². The van der Waals surface area contributed by atoms with E-state index in [0.29, 0.717) is 26.2 Å². The average Bonchev–Trinajstić information content (AvgIpc) is 2.91. The van der Waals surface area contributed by atoms with E-state index in [4.69, 9.17) is 4.74 Å². The molecule has 0 atom stereocenters. The highest BCUT2D eigenvalue weighted by molar-refractivity contribution is 7.10. The summed E-state index contributed by atoms with van der Waals surface area (Å²) in [5.74, 6) is 0.0503. The van der Waals surface area contributed by atoms with Crippen LogP contribution in [0.25, 0.3) is 0 Å². The zero-order valence-corrected chi connectivity index (χ0v) is 15.2. The van der Waals surface area contributed by atoms with E-state index in [1.54, 1.807) is 7.11 Å². The maximum absolute atomic E-state index is 11.6. The second-order valence-electron chi connectivity index (χ2n) is 4.91. The van der Waals surface area contributed by atoms with Crippen molar-refractivity contribution in [1.82, 2.24) is 15.5 Å². The van der Waals surface area contributed by atoms with Gasteiger partial charge < -0.3 is 15.4 Å². The predicted molar refractivity (Wildman–Crippen MR) is 95.6 cm³/mol. The minimum atomic E-state index is 0. The molecule has 0 saturated heterocycles. The highest BCUT2D eigenvalue weighted by atomic mass is 35.5. The first kappa shape index (κ1) is 21.6. The van der Waals surface area contributed by atoms with Crippen molar-refractivity contribution >= 4 is 42.1 Å². The smallest absolute Gasteiger partial charge is 0.234 e. The summed E-state index contributed by atoms with van der Waals surface area (Å²) < 4.78 is 4.91. The number of fused-ring (bicyclic) bond motifs is 1. The molecule has 0 saturated carbocycles. The fourth-order valence-corrected chi connectivity index (χ4v) is 3.18. The van der Waals surface area contributed by atoms with Crippen LogP contribution in [0.2, 0.25) is 0 Å². The lowest BCUT2D eigenvalue weighted by Crippen LogP contribution is -2.40. The van der Waals surface area contributed by atoms with Crippen LogP contribution in [0.15, 0.2) is 11.4 Å². The Kier molecular flexibility index (Phi) is 11.9. The van der Waals surface area contributed by atoms with E-state index in [2.05, 4.69) is 27.0 Å². The number of carbonyl (C=O) groups is 1. The first-order chi connectivity index (χ1) is 9.79. The zero-order valence-electron chi connectivity index (χ0n) is 12.8. The normalized spacial score (nSPS) is 13.7. The summed E-state index contributed by atoms with van der Waals surface area (Å²) in [5.41, 5.74) is 1.45. The number of methoxy groups -OCH3 is 1. The van der Waals surface area contributed by atoms with E-state index in [0.717, 1.165) is 26.1 Å². The fourth-order valence-electron chi connectivity index (χ4n) is 2.29. The van der Waals surface area contributed by atoms with Crippen molar-refractivity contribution in [3.05, 3.63) is 21.9 Å². The van der Waals surface area contributed by atoms with Crippen molar-refractivity contribution in [2.45, 2.75) is 13.0 Å². The Hall–Kier alpha value is -0.370. The van der Waals surface area contributed by atoms with Gasteiger partial charge in [-0.25, -0.2) is 0 Å². The van der Waals surface area contributed by atoms with Gasteiger partial charge in [0.1, 0.15) is 0 Å². The van der Waals surface area contributed by atoms with Gasteiger partial charge in [-0.2, -0.15) is 0 Å². The maximum atomic E-state index is 11.6. The Labute approximate surface area is 148 Å². The number of hydrogen-bond donors (Lipinski definition) is 2. The van der Waals surface area contributed by atoms with Crippen LogP contribution in [0.5, 0.6) is 0 Å². The molecule has 8 heteroatoms. The summed E-state index contributed by atoms with van der Waals surface area (Å²) in [6, 6.07) is 2.21. The number of thiophene rings is 1. The van der Waals surface area contributed by atoms with Gasteiger partial charge in [-0.15, -0.1) is 36.2 Å². The van der Waals surface area contributed by atoms with Crippen LogP contribution >= 0.6 is 36.2 Å². The van der Waals surface area contributed by atoms with Gasteiger partial charge in [0.2, 0.25) is 5.91 Å². The topological polar surface area (TPSA) is 53.6 Å². The molecule has 0 unspecified atom stereocenters. The van der Waals surface area contributed by atoms with Gasteiger partial charge in [0.15, 0.2) is 0 Å². The quantitative estimate of drug-likeness (QED) is 0.678. The Balaban J connectivity index is 0.00000220. The van der Waals surface area contributed by atoms with Crippen LogP contribution in [0.4, 0.5) is 0 Å². The third-order valence-electron chi connectivity index (χ3n) is 3.41. The monoisotopic (exact) mass is 369 g/mol. The molecule has 22 heavy (non-hydrogen) atoms. The molecule has 1 aromatic rings.